The largest absolute Gasteiger partial charge is 0.497 e. The van der Waals surface area contributed by atoms with Crippen molar-refractivity contribution in [2.45, 2.75) is 13.1 Å². The highest BCUT2D eigenvalue weighted by Crippen LogP contribution is 2.31. The second-order valence-electron chi connectivity index (χ2n) is 6.86. The summed E-state index contributed by atoms with van der Waals surface area (Å²) in [4.78, 5) is 24.7. The number of amides is 2. The molecular formula is C22H21F3N4O3. The van der Waals surface area contributed by atoms with Gasteiger partial charge in [-0.1, -0.05) is 18.2 Å². The molecule has 0 aliphatic rings. The van der Waals surface area contributed by atoms with E-state index in [1.165, 1.54) is 7.11 Å². The van der Waals surface area contributed by atoms with Crippen LogP contribution in [0.2, 0.25) is 0 Å². The molecule has 3 rings (SSSR count). The van der Waals surface area contributed by atoms with Crippen molar-refractivity contribution in [3.8, 4) is 11.4 Å². The number of aromatic nitrogens is 2. The van der Waals surface area contributed by atoms with Gasteiger partial charge in [-0.2, -0.15) is 18.3 Å². The molecule has 3 aromatic rings. The molecule has 0 atom stereocenters. The second-order valence-corrected chi connectivity index (χ2v) is 6.86. The Hall–Kier alpha value is -3.82. The van der Waals surface area contributed by atoms with E-state index < -0.39 is 23.3 Å². The number of carbonyl (C=O) groups excluding carboxylic acids is 2. The Morgan fingerprint density at radius 1 is 1.00 bits per heavy atom. The van der Waals surface area contributed by atoms with Gasteiger partial charge in [0.05, 0.1) is 18.4 Å². The molecule has 10 heteroatoms. The predicted octanol–water partition coefficient (Wildman–Crippen LogP) is 3.37. The van der Waals surface area contributed by atoms with Crippen LogP contribution in [0.5, 0.6) is 5.75 Å². The first-order chi connectivity index (χ1) is 15.2. The van der Waals surface area contributed by atoms with Crippen molar-refractivity contribution in [3.63, 3.8) is 0 Å². The number of nitrogens with zero attached hydrogens (tertiary/aromatic N) is 2. The number of carbonyl (C=O) groups is 2. The van der Waals surface area contributed by atoms with Gasteiger partial charge in [0.25, 0.3) is 11.8 Å². The smallest absolute Gasteiger partial charge is 0.435 e. The molecule has 0 radical (unpaired) electrons. The molecule has 2 aromatic carbocycles. The molecule has 7 nitrogen and oxygen atoms in total. The van der Waals surface area contributed by atoms with Gasteiger partial charge in [-0.3, -0.25) is 9.59 Å². The standard InChI is InChI=1S/C22H21F3N4O3/c1-14-12-16(32-2)8-9-17(14)20(30)26-10-11-27-21(31)18-13-29(15-6-4-3-5-7-15)28-19(18)22(23,24)25/h3-9,12-13H,10-11H2,1-2H3,(H,26,30)(H,27,31). The average molecular weight is 446 g/mol. The van der Waals surface area contributed by atoms with Crippen molar-refractivity contribution in [3.05, 3.63) is 77.1 Å². The highest BCUT2D eigenvalue weighted by Gasteiger charge is 2.39. The molecule has 0 saturated carbocycles. The second kappa shape index (κ2) is 9.54. The summed E-state index contributed by atoms with van der Waals surface area (Å²) in [6.45, 7) is 1.72. The van der Waals surface area contributed by atoms with Gasteiger partial charge >= 0.3 is 6.18 Å². The number of para-hydroxylation sites is 1. The molecule has 0 aliphatic heterocycles. The van der Waals surface area contributed by atoms with Crippen LogP contribution in [0.4, 0.5) is 13.2 Å². The molecule has 2 N–H and O–H groups in total. The van der Waals surface area contributed by atoms with E-state index in [0.717, 1.165) is 10.9 Å². The number of nitrogens with one attached hydrogen (secondary N) is 2. The lowest BCUT2D eigenvalue weighted by atomic mass is 10.1. The number of rotatable bonds is 7. The first-order valence-electron chi connectivity index (χ1n) is 9.64. The summed E-state index contributed by atoms with van der Waals surface area (Å²) in [7, 11) is 1.52. The lowest BCUT2D eigenvalue weighted by Crippen LogP contribution is -2.35. The number of ether oxygens (including phenoxy) is 1. The van der Waals surface area contributed by atoms with Crippen LogP contribution in [0.15, 0.2) is 54.7 Å². The molecule has 2 amide bonds. The highest BCUT2D eigenvalue weighted by atomic mass is 19.4. The summed E-state index contributed by atoms with van der Waals surface area (Å²) < 4.78 is 46.3. The van der Waals surface area contributed by atoms with Gasteiger partial charge in [0.2, 0.25) is 0 Å². The SMILES string of the molecule is COc1ccc(C(=O)NCCNC(=O)c2cn(-c3ccccc3)nc2C(F)(F)F)c(C)c1. The van der Waals surface area contributed by atoms with Crippen LogP contribution in [0, 0.1) is 6.92 Å². The molecule has 0 bridgehead atoms. The van der Waals surface area contributed by atoms with Crippen molar-refractivity contribution < 1.29 is 27.5 Å². The monoisotopic (exact) mass is 446 g/mol. The van der Waals surface area contributed by atoms with Gasteiger partial charge in [-0.15, -0.1) is 0 Å². The fraction of sp³-hybridized carbons (Fsp3) is 0.227. The van der Waals surface area contributed by atoms with E-state index in [4.69, 9.17) is 4.74 Å². The summed E-state index contributed by atoms with van der Waals surface area (Å²) in [6.07, 6.45) is -3.76. The summed E-state index contributed by atoms with van der Waals surface area (Å²) >= 11 is 0. The third-order valence-electron chi connectivity index (χ3n) is 4.62. The first-order valence-corrected chi connectivity index (χ1v) is 9.64. The fourth-order valence-corrected chi connectivity index (χ4v) is 3.02. The quantitative estimate of drug-likeness (QED) is 0.545. The van der Waals surface area contributed by atoms with E-state index in [2.05, 4.69) is 15.7 Å². The van der Waals surface area contributed by atoms with E-state index in [9.17, 15) is 22.8 Å². The maximum Gasteiger partial charge on any atom is 0.435 e. The van der Waals surface area contributed by atoms with E-state index in [1.54, 1.807) is 55.5 Å². The number of benzene rings is 2. The van der Waals surface area contributed by atoms with Crippen molar-refractivity contribution in [1.82, 2.24) is 20.4 Å². The third kappa shape index (κ3) is 5.26. The van der Waals surface area contributed by atoms with E-state index in [-0.39, 0.29) is 19.0 Å². The van der Waals surface area contributed by atoms with Crippen LogP contribution in [-0.4, -0.2) is 41.8 Å². The Morgan fingerprint density at radius 2 is 1.62 bits per heavy atom. The molecule has 1 aromatic heterocycles. The third-order valence-corrected chi connectivity index (χ3v) is 4.62. The van der Waals surface area contributed by atoms with E-state index >= 15 is 0 Å². The zero-order chi connectivity index (χ0) is 23.3. The minimum Gasteiger partial charge on any atom is -0.497 e. The van der Waals surface area contributed by atoms with E-state index in [1.807, 2.05) is 0 Å². The van der Waals surface area contributed by atoms with Crippen molar-refractivity contribution in [1.29, 1.82) is 0 Å². The minimum absolute atomic E-state index is 0.0320. The lowest BCUT2D eigenvalue weighted by Gasteiger charge is -2.10. The Labute approximate surface area is 182 Å². The maximum absolute atomic E-state index is 13.4. The lowest BCUT2D eigenvalue weighted by molar-refractivity contribution is -0.141. The maximum atomic E-state index is 13.4. The number of methoxy groups -OCH3 is 1. The van der Waals surface area contributed by atoms with Gasteiger partial charge in [-0.25, -0.2) is 4.68 Å². The fourth-order valence-electron chi connectivity index (χ4n) is 3.02. The number of hydrogen-bond donors (Lipinski definition) is 2. The van der Waals surface area contributed by atoms with Crippen LogP contribution in [0.1, 0.15) is 32.0 Å². The number of hydrogen-bond acceptors (Lipinski definition) is 4. The molecule has 0 saturated heterocycles. The molecular weight excluding hydrogens is 425 g/mol. The molecule has 1 heterocycles. The molecule has 168 valence electrons. The molecule has 0 spiro atoms. The molecule has 0 unspecified atom stereocenters. The van der Waals surface area contributed by atoms with Crippen LogP contribution in [-0.2, 0) is 6.18 Å². The Balaban J connectivity index is 1.63. The Morgan fingerprint density at radius 3 is 2.19 bits per heavy atom. The topological polar surface area (TPSA) is 85.3 Å². The van der Waals surface area contributed by atoms with Gasteiger partial charge in [-0.05, 0) is 42.8 Å². The van der Waals surface area contributed by atoms with Crippen LogP contribution in [0.25, 0.3) is 5.69 Å². The number of aryl methyl sites for hydroxylation is 1. The predicted molar refractivity (Wildman–Crippen MR) is 111 cm³/mol. The van der Waals surface area contributed by atoms with Crippen LogP contribution >= 0.6 is 0 Å². The average Bonchev–Trinajstić information content (AvgIpc) is 3.23. The zero-order valence-electron chi connectivity index (χ0n) is 17.4. The van der Waals surface area contributed by atoms with E-state index in [0.29, 0.717) is 22.6 Å². The van der Waals surface area contributed by atoms with Crippen molar-refractivity contribution >= 4 is 11.8 Å². The zero-order valence-corrected chi connectivity index (χ0v) is 17.4. The van der Waals surface area contributed by atoms with Crippen molar-refractivity contribution in [2.24, 2.45) is 0 Å². The summed E-state index contributed by atoms with van der Waals surface area (Å²) in [5, 5.41) is 8.55. The summed E-state index contributed by atoms with van der Waals surface area (Å²) in [5.41, 5.74) is -0.357. The number of alkyl halides is 3. The Kier molecular flexibility index (Phi) is 6.82. The molecule has 0 fully saturated rings. The van der Waals surface area contributed by atoms with Crippen molar-refractivity contribution in [2.75, 3.05) is 20.2 Å². The van der Waals surface area contributed by atoms with Gasteiger partial charge in [0, 0.05) is 24.8 Å². The van der Waals surface area contributed by atoms with Gasteiger partial charge in [0.1, 0.15) is 5.75 Å². The van der Waals surface area contributed by atoms with Crippen LogP contribution in [0.3, 0.4) is 0 Å². The number of halogens is 3. The highest BCUT2D eigenvalue weighted by molar-refractivity contribution is 5.96. The molecule has 32 heavy (non-hydrogen) atoms. The van der Waals surface area contributed by atoms with Gasteiger partial charge in [0.15, 0.2) is 5.69 Å². The van der Waals surface area contributed by atoms with Crippen LogP contribution < -0.4 is 15.4 Å². The summed E-state index contributed by atoms with van der Waals surface area (Å²) in [6, 6.07) is 13.1. The normalized spacial score (nSPS) is 11.2. The molecule has 0 aliphatic carbocycles. The first kappa shape index (κ1) is 22.9. The minimum atomic E-state index is -4.80. The summed E-state index contributed by atoms with van der Waals surface area (Å²) in [5.74, 6) is -0.690. The van der Waals surface area contributed by atoms with Gasteiger partial charge < -0.3 is 15.4 Å². The Bertz CT molecular complexity index is 1110.